The van der Waals surface area contributed by atoms with Crippen molar-refractivity contribution in [3.8, 4) is 0 Å². The molecule has 0 saturated carbocycles. The summed E-state index contributed by atoms with van der Waals surface area (Å²) in [6.45, 7) is 4.38. The van der Waals surface area contributed by atoms with Crippen LogP contribution in [-0.4, -0.2) is 27.6 Å². The van der Waals surface area contributed by atoms with Gasteiger partial charge in [0.05, 0.1) is 12.2 Å². The number of amides is 1. The van der Waals surface area contributed by atoms with Crippen LogP contribution in [0.3, 0.4) is 0 Å². The molecule has 0 bridgehead atoms. The highest BCUT2D eigenvalue weighted by atomic mass is 16.2. The predicted octanol–water partition coefficient (Wildman–Crippen LogP) is 1.03. The minimum atomic E-state index is 0.0451. The lowest BCUT2D eigenvalue weighted by atomic mass is 10.2. The molecule has 0 unspecified atom stereocenters. The van der Waals surface area contributed by atoms with Crippen LogP contribution in [-0.2, 0) is 18.4 Å². The van der Waals surface area contributed by atoms with E-state index in [4.69, 9.17) is 0 Å². The largest absolute Gasteiger partial charge is 0.340 e. The van der Waals surface area contributed by atoms with Gasteiger partial charge in [-0.05, 0) is 6.07 Å². The Bertz CT molecular complexity index is 317. The van der Waals surface area contributed by atoms with Crippen molar-refractivity contribution >= 4 is 5.91 Å². The molecule has 0 aromatic carbocycles. The van der Waals surface area contributed by atoms with Crippen LogP contribution in [0.25, 0.3) is 0 Å². The Hall–Kier alpha value is -1.32. The van der Waals surface area contributed by atoms with E-state index in [0.29, 0.717) is 6.54 Å². The highest BCUT2D eigenvalue weighted by molar-refractivity contribution is 5.77. The number of hydrogen-bond donors (Lipinski definition) is 0. The number of carbonyl (C=O) groups excluding carboxylic acids is 1. The monoisotopic (exact) mass is 195 g/mol. The van der Waals surface area contributed by atoms with Crippen LogP contribution in [0, 0.1) is 5.92 Å². The molecule has 1 amide bonds. The topological polar surface area (TPSA) is 38.1 Å². The lowest BCUT2D eigenvalue weighted by Crippen LogP contribution is -2.30. The van der Waals surface area contributed by atoms with Gasteiger partial charge in [-0.15, -0.1) is 0 Å². The smallest absolute Gasteiger partial charge is 0.225 e. The summed E-state index contributed by atoms with van der Waals surface area (Å²) in [6.07, 6.45) is 1.88. The number of aryl methyl sites for hydroxylation is 1. The van der Waals surface area contributed by atoms with Crippen molar-refractivity contribution in [2.24, 2.45) is 13.0 Å². The average molecular weight is 195 g/mol. The van der Waals surface area contributed by atoms with Gasteiger partial charge in [-0.3, -0.25) is 9.48 Å². The summed E-state index contributed by atoms with van der Waals surface area (Å²) in [5.74, 6) is 0.194. The third-order valence-electron chi connectivity index (χ3n) is 2.04. The summed E-state index contributed by atoms with van der Waals surface area (Å²) >= 11 is 0. The number of hydrogen-bond acceptors (Lipinski definition) is 2. The van der Waals surface area contributed by atoms with Gasteiger partial charge in [0.25, 0.3) is 0 Å². The SMILES string of the molecule is CC(C)C(=O)N(C)Cc1ccn(C)n1. The van der Waals surface area contributed by atoms with E-state index >= 15 is 0 Å². The maximum Gasteiger partial charge on any atom is 0.225 e. The molecule has 1 aromatic rings. The maximum atomic E-state index is 11.5. The molecule has 1 aromatic heterocycles. The molecule has 0 aliphatic heterocycles. The van der Waals surface area contributed by atoms with Gasteiger partial charge in [-0.2, -0.15) is 5.10 Å². The van der Waals surface area contributed by atoms with E-state index < -0.39 is 0 Å². The summed E-state index contributed by atoms with van der Waals surface area (Å²) in [7, 11) is 3.67. The average Bonchev–Trinajstić information content (AvgIpc) is 2.49. The molecule has 0 atom stereocenters. The Kier molecular flexibility index (Phi) is 3.28. The van der Waals surface area contributed by atoms with Crippen LogP contribution in [0.5, 0.6) is 0 Å². The van der Waals surface area contributed by atoms with Crippen molar-refractivity contribution in [3.05, 3.63) is 18.0 Å². The van der Waals surface area contributed by atoms with Crippen molar-refractivity contribution in [2.45, 2.75) is 20.4 Å². The fourth-order valence-electron chi connectivity index (χ4n) is 1.31. The second-order valence-electron chi connectivity index (χ2n) is 3.83. The Labute approximate surface area is 84.5 Å². The molecular weight excluding hydrogens is 178 g/mol. The molecule has 78 valence electrons. The third-order valence-corrected chi connectivity index (χ3v) is 2.04. The summed E-state index contributed by atoms with van der Waals surface area (Å²) in [5.41, 5.74) is 0.920. The minimum Gasteiger partial charge on any atom is -0.340 e. The maximum absolute atomic E-state index is 11.5. The summed E-state index contributed by atoms with van der Waals surface area (Å²) in [4.78, 5) is 13.2. The standard InChI is InChI=1S/C10H17N3O/c1-8(2)10(14)12(3)7-9-5-6-13(4)11-9/h5-6,8H,7H2,1-4H3. The predicted molar refractivity (Wildman–Crippen MR) is 54.5 cm³/mol. The first kappa shape index (κ1) is 10.8. The first-order valence-electron chi connectivity index (χ1n) is 4.74. The van der Waals surface area contributed by atoms with E-state index in [2.05, 4.69) is 5.10 Å². The molecule has 0 saturated heterocycles. The van der Waals surface area contributed by atoms with Gasteiger partial charge >= 0.3 is 0 Å². The number of nitrogens with zero attached hydrogens (tertiary/aromatic N) is 3. The van der Waals surface area contributed by atoms with E-state index in [0.717, 1.165) is 5.69 Å². The normalized spacial score (nSPS) is 10.6. The van der Waals surface area contributed by atoms with Crippen molar-refractivity contribution in [2.75, 3.05) is 7.05 Å². The fourth-order valence-corrected chi connectivity index (χ4v) is 1.31. The molecule has 0 aliphatic carbocycles. The van der Waals surface area contributed by atoms with E-state index in [9.17, 15) is 4.79 Å². The lowest BCUT2D eigenvalue weighted by Gasteiger charge is -2.17. The van der Waals surface area contributed by atoms with E-state index in [-0.39, 0.29) is 11.8 Å². The molecule has 0 spiro atoms. The second-order valence-corrected chi connectivity index (χ2v) is 3.83. The Balaban J connectivity index is 2.57. The van der Waals surface area contributed by atoms with Crippen molar-refractivity contribution < 1.29 is 4.79 Å². The molecule has 4 heteroatoms. The number of aromatic nitrogens is 2. The molecule has 4 nitrogen and oxygen atoms in total. The number of carbonyl (C=O) groups is 1. The van der Waals surface area contributed by atoms with Crippen LogP contribution in [0.15, 0.2) is 12.3 Å². The Morgan fingerprint density at radius 2 is 2.29 bits per heavy atom. The highest BCUT2D eigenvalue weighted by Crippen LogP contribution is 2.04. The third kappa shape index (κ3) is 2.58. The molecule has 1 rings (SSSR count). The quantitative estimate of drug-likeness (QED) is 0.722. The molecule has 0 fully saturated rings. The Morgan fingerprint density at radius 1 is 1.64 bits per heavy atom. The van der Waals surface area contributed by atoms with Crippen molar-refractivity contribution in [1.29, 1.82) is 0 Å². The van der Waals surface area contributed by atoms with Crippen LogP contribution in [0.1, 0.15) is 19.5 Å². The molecule has 0 aliphatic rings. The minimum absolute atomic E-state index is 0.0451. The van der Waals surface area contributed by atoms with Crippen LogP contribution in [0.2, 0.25) is 0 Å². The zero-order valence-corrected chi connectivity index (χ0v) is 9.19. The van der Waals surface area contributed by atoms with Crippen LogP contribution in [0.4, 0.5) is 0 Å². The summed E-state index contributed by atoms with van der Waals surface area (Å²) in [5, 5.41) is 4.22. The fraction of sp³-hybridized carbons (Fsp3) is 0.600. The summed E-state index contributed by atoms with van der Waals surface area (Å²) in [6, 6.07) is 1.92. The van der Waals surface area contributed by atoms with Crippen molar-refractivity contribution in [1.82, 2.24) is 14.7 Å². The molecule has 0 radical (unpaired) electrons. The van der Waals surface area contributed by atoms with Gasteiger partial charge < -0.3 is 4.90 Å². The second kappa shape index (κ2) is 4.26. The van der Waals surface area contributed by atoms with Crippen LogP contribution >= 0.6 is 0 Å². The Morgan fingerprint density at radius 3 is 2.71 bits per heavy atom. The summed E-state index contributed by atoms with van der Waals surface area (Å²) < 4.78 is 1.74. The first-order valence-corrected chi connectivity index (χ1v) is 4.74. The molecule has 14 heavy (non-hydrogen) atoms. The van der Waals surface area contributed by atoms with Gasteiger partial charge in [-0.25, -0.2) is 0 Å². The zero-order valence-electron chi connectivity index (χ0n) is 9.19. The zero-order chi connectivity index (χ0) is 10.7. The lowest BCUT2D eigenvalue weighted by molar-refractivity contribution is -0.133. The molecule has 1 heterocycles. The number of rotatable bonds is 3. The van der Waals surface area contributed by atoms with Gasteiger partial charge in [0.15, 0.2) is 0 Å². The van der Waals surface area contributed by atoms with Crippen molar-refractivity contribution in [3.63, 3.8) is 0 Å². The van der Waals surface area contributed by atoms with Gasteiger partial charge in [0, 0.05) is 26.2 Å². The van der Waals surface area contributed by atoms with Crippen LogP contribution < -0.4 is 0 Å². The van der Waals surface area contributed by atoms with E-state index in [1.807, 2.05) is 33.2 Å². The highest BCUT2D eigenvalue weighted by Gasteiger charge is 2.13. The molecular formula is C10H17N3O. The van der Waals surface area contributed by atoms with E-state index in [1.165, 1.54) is 0 Å². The van der Waals surface area contributed by atoms with Gasteiger partial charge in [0.2, 0.25) is 5.91 Å². The van der Waals surface area contributed by atoms with Gasteiger partial charge in [0.1, 0.15) is 0 Å². The van der Waals surface area contributed by atoms with E-state index in [1.54, 1.807) is 16.6 Å². The van der Waals surface area contributed by atoms with Gasteiger partial charge in [-0.1, -0.05) is 13.8 Å². The first-order chi connectivity index (χ1) is 6.50. The molecule has 0 N–H and O–H groups in total.